The molecule has 2 N–H and O–H groups in total. The fraction of sp³-hybridized carbons (Fsp3) is 0.133. The van der Waals surface area contributed by atoms with Crippen molar-refractivity contribution in [2.24, 2.45) is 0 Å². The highest BCUT2D eigenvalue weighted by atomic mass is 35.5. The molecule has 3 rings (SSSR count). The number of nitrogens with two attached hydrogens (primary N) is 1. The van der Waals surface area contributed by atoms with Gasteiger partial charge in [0.2, 0.25) is 11.1 Å². The number of rotatable bonds is 3. The van der Waals surface area contributed by atoms with Gasteiger partial charge in [0.25, 0.3) is 0 Å². The normalized spacial score (nSPS) is 10.8. The van der Waals surface area contributed by atoms with Crippen LogP contribution in [0.1, 0.15) is 5.56 Å². The minimum Gasteiger partial charge on any atom is -0.496 e. The molecule has 0 radical (unpaired) electrons. The Kier molecular flexibility index (Phi) is 3.35. The fourth-order valence-corrected chi connectivity index (χ4v) is 2.41. The summed E-state index contributed by atoms with van der Waals surface area (Å²) in [6, 6.07) is 7.48. The number of hydrogen-bond donors (Lipinski definition) is 1. The second-order valence-corrected chi connectivity index (χ2v) is 4.91. The van der Waals surface area contributed by atoms with Gasteiger partial charge in [0.15, 0.2) is 0 Å². The summed E-state index contributed by atoms with van der Waals surface area (Å²) in [5.74, 6) is 0.977. The molecule has 0 fully saturated rings. The maximum absolute atomic E-state index is 6.01. The summed E-state index contributed by atoms with van der Waals surface area (Å²) < 4.78 is 15.6. The van der Waals surface area contributed by atoms with Crippen molar-refractivity contribution in [3.05, 3.63) is 41.3 Å². The van der Waals surface area contributed by atoms with Gasteiger partial charge in [-0.2, -0.15) is 0 Å². The molecule has 0 saturated heterocycles. The van der Waals surface area contributed by atoms with Crippen LogP contribution in [-0.2, 0) is 0 Å². The molecule has 0 bridgehead atoms. The number of furan rings is 1. The average molecular weight is 305 g/mol. The average Bonchev–Trinajstić information content (AvgIpc) is 3.05. The summed E-state index contributed by atoms with van der Waals surface area (Å²) in [7, 11) is 1.62. The largest absolute Gasteiger partial charge is 0.496 e. The predicted molar refractivity (Wildman–Crippen MR) is 80.4 cm³/mol. The van der Waals surface area contributed by atoms with Crippen molar-refractivity contribution in [3.8, 4) is 28.1 Å². The van der Waals surface area contributed by atoms with E-state index in [1.807, 2.05) is 25.1 Å². The summed E-state index contributed by atoms with van der Waals surface area (Å²) in [4.78, 5) is 0. The third-order valence-corrected chi connectivity index (χ3v) is 3.58. The molecule has 0 aliphatic carbocycles. The maximum Gasteiger partial charge on any atom is 0.230 e. The van der Waals surface area contributed by atoms with Crippen LogP contribution in [0, 0.1) is 6.92 Å². The van der Waals surface area contributed by atoms with E-state index in [1.54, 1.807) is 13.2 Å². The number of nitrogen functional groups attached to an aromatic ring is 1. The van der Waals surface area contributed by atoms with Gasteiger partial charge < -0.3 is 19.4 Å². The van der Waals surface area contributed by atoms with Gasteiger partial charge in [-0.1, -0.05) is 17.3 Å². The summed E-state index contributed by atoms with van der Waals surface area (Å²) in [6.07, 6.45) is 1.49. The van der Waals surface area contributed by atoms with Gasteiger partial charge in [-0.15, -0.1) is 0 Å². The summed E-state index contributed by atoms with van der Waals surface area (Å²) in [6.45, 7) is 1.97. The quantitative estimate of drug-likeness (QED) is 0.786. The minimum absolute atomic E-state index is 0.216. The standard InChI is InChI=1S/C15H13ClN2O3/c1-8-3-4-9(7-11(8)19-2)12-13(18-21-15(12)17)10-5-6-20-14(10)16/h3-7H,17H2,1-2H3. The molecule has 2 aromatic heterocycles. The minimum atomic E-state index is 0.216. The van der Waals surface area contributed by atoms with Crippen molar-refractivity contribution < 1.29 is 13.7 Å². The smallest absolute Gasteiger partial charge is 0.230 e. The molecular weight excluding hydrogens is 292 g/mol. The van der Waals surface area contributed by atoms with Gasteiger partial charge in [-0.05, 0) is 41.8 Å². The lowest BCUT2D eigenvalue weighted by Crippen LogP contribution is -1.91. The van der Waals surface area contributed by atoms with Crippen LogP contribution in [0.4, 0.5) is 5.88 Å². The highest BCUT2D eigenvalue weighted by Gasteiger charge is 2.21. The molecule has 108 valence electrons. The first-order valence-corrected chi connectivity index (χ1v) is 6.63. The molecule has 21 heavy (non-hydrogen) atoms. The molecule has 0 spiro atoms. The third kappa shape index (κ3) is 2.25. The van der Waals surface area contributed by atoms with Gasteiger partial charge in [0.1, 0.15) is 11.4 Å². The molecule has 6 heteroatoms. The second kappa shape index (κ2) is 5.18. The van der Waals surface area contributed by atoms with Crippen LogP contribution in [0.15, 0.2) is 39.5 Å². The van der Waals surface area contributed by atoms with Gasteiger partial charge in [-0.3, -0.25) is 0 Å². The molecule has 1 aromatic carbocycles. The Morgan fingerprint density at radius 1 is 1.29 bits per heavy atom. The summed E-state index contributed by atoms with van der Waals surface area (Å²) >= 11 is 6.01. The van der Waals surface area contributed by atoms with Crippen LogP contribution >= 0.6 is 11.6 Å². The first kappa shape index (κ1) is 13.6. The zero-order chi connectivity index (χ0) is 15.0. The number of benzene rings is 1. The first-order valence-electron chi connectivity index (χ1n) is 6.25. The van der Waals surface area contributed by atoms with E-state index in [1.165, 1.54) is 6.26 Å². The van der Waals surface area contributed by atoms with Crippen molar-refractivity contribution in [3.63, 3.8) is 0 Å². The number of hydrogen-bond acceptors (Lipinski definition) is 5. The van der Waals surface area contributed by atoms with Crippen molar-refractivity contribution in [1.29, 1.82) is 0 Å². The van der Waals surface area contributed by atoms with E-state index in [0.29, 0.717) is 16.8 Å². The van der Waals surface area contributed by atoms with Crippen molar-refractivity contribution in [2.45, 2.75) is 6.92 Å². The Morgan fingerprint density at radius 3 is 2.76 bits per heavy atom. The molecule has 2 heterocycles. The van der Waals surface area contributed by atoms with Crippen molar-refractivity contribution in [2.75, 3.05) is 12.8 Å². The van der Waals surface area contributed by atoms with Crippen LogP contribution in [0.2, 0.25) is 5.22 Å². The molecule has 0 amide bonds. The van der Waals surface area contributed by atoms with Gasteiger partial charge in [0.05, 0.1) is 24.5 Å². The topological polar surface area (TPSA) is 74.4 Å². The number of anilines is 1. The van der Waals surface area contributed by atoms with E-state index in [4.69, 9.17) is 31.0 Å². The first-order chi connectivity index (χ1) is 10.1. The van der Waals surface area contributed by atoms with E-state index in [9.17, 15) is 0 Å². The number of methoxy groups -OCH3 is 1. The lowest BCUT2D eigenvalue weighted by atomic mass is 10.0. The lowest BCUT2D eigenvalue weighted by molar-refractivity contribution is 0.412. The molecule has 0 atom stereocenters. The SMILES string of the molecule is COc1cc(-c2c(-c3ccoc3Cl)noc2N)ccc1C. The van der Waals surface area contributed by atoms with Gasteiger partial charge in [0, 0.05) is 0 Å². The van der Waals surface area contributed by atoms with E-state index in [-0.39, 0.29) is 11.1 Å². The predicted octanol–water partition coefficient (Wildman–Crippen LogP) is 4.15. The van der Waals surface area contributed by atoms with Crippen LogP contribution in [0.5, 0.6) is 5.75 Å². The molecule has 0 aliphatic heterocycles. The van der Waals surface area contributed by atoms with E-state index in [0.717, 1.165) is 16.9 Å². The highest BCUT2D eigenvalue weighted by molar-refractivity contribution is 6.31. The Morgan fingerprint density at radius 2 is 2.10 bits per heavy atom. The monoisotopic (exact) mass is 304 g/mol. The van der Waals surface area contributed by atoms with Gasteiger partial charge in [-0.25, -0.2) is 0 Å². The molecule has 0 saturated carbocycles. The number of ether oxygens (including phenoxy) is 1. The number of halogens is 1. The van der Waals surface area contributed by atoms with Crippen molar-refractivity contribution in [1.82, 2.24) is 5.16 Å². The maximum atomic E-state index is 6.01. The van der Waals surface area contributed by atoms with Crippen LogP contribution < -0.4 is 10.5 Å². The Bertz CT molecular complexity index is 792. The summed E-state index contributed by atoms with van der Waals surface area (Å²) in [5, 5.41) is 4.23. The lowest BCUT2D eigenvalue weighted by Gasteiger charge is -2.07. The Labute approximate surface area is 126 Å². The zero-order valence-corrected chi connectivity index (χ0v) is 12.3. The molecule has 3 aromatic rings. The van der Waals surface area contributed by atoms with Crippen LogP contribution in [-0.4, -0.2) is 12.3 Å². The fourth-order valence-electron chi connectivity index (χ4n) is 2.20. The number of aryl methyl sites for hydroxylation is 1. The van der Waals surface area contributed by atoms with E-state index in [2.05, 4.69) is 5.16 Å². The van der Waals surface area contributed by atoms with Gasteiger partial charge >= 0.3 is 0 Å². The molecule has 0 unspecified atom stereocenters. The molecule has 5 nitrogen and oxygen atoms in total. The second-order valence-electron chi connectivity index (χ2n) is 4.56. The number of nitrogens with zero attached hydrogens (tertiary/aromatic N) is 1. The zero-order valence-electron chi connectivity index (χ0n) is 11.5. The Balaban J connectivity index is 2.19. The highest BCUT2D eigenvalue weighted by Crippen LogP contribution is 2.40. The summed E-state index contributed by atoms with van der Waals surface area (Å²) in [5.41, 5.74) is 9.61. The number of aromatic nitrogens is 1. The van der Waals surface area contributed by atoms with E-state index < -0.39 is 0 Å². The van der Waals surface area contributed by atoms with Crippen LogP contribution in [0.25, 0.3) is 22.4 Å². The van der Waals surface area contributed by atoms with E-state index >= 15 is 0 Å². The molecule has 0 aliphatic rings. The van der Waals surface area contributed by atoms with Crippen LogP contribution in [0.3, 0.4) is 0 Å². The molecular formula is C15H13ClN2O3. The Hall–Kier alpha value is -2.40. The third-order valence-electron chi connectivity index (χ3n) is 3.29. The van der Waals surface area contributed by atoms with Crippen molar-refractivity contribution >= 4 is 17.5 Å².